The number of likely N-dealkylation sites (tertiary alicyclic amines) is 1. The topological polar surface area (TPSA) is 101 Å². The molecule has 1 N–H and O–H groups in total. The molecule has 0 saturated carbocycles. The van der Waals surface area contributed by atoms with Crippen LogP contribution in [-0.4, -0.2) is 93.5 Å². The zero-order valence-corrected chi connectivity index (χ0v) is 17.1. The molecule has 9 nitrogen and oxygen atoms in total. The maximum atomic E-state index is 13.0. The molecule has 4 amide bonds. The molecule has 28 heavy (non-hydrogen) atoms. The van der Waals surface area contributed by atoms with Gasteiger partial charge in [0.2, 0.25) is 11.8 Å². The number of urea groups is 1. The Balaban J connectivity index is 2.12. The number of carboxylic acid groups (broad SMARTS) is 1. The van der Waals surface area contributed by atoms with Crippen molar-refractivity contribution in [3.63, 3.8) is 0 Å². The standard InChI is InChI=1S/C19H30N4O5/c1-6-15(25)22-11-19(20(5)12-22)7-9-21(10-8-19)18(28)23(14(4)24)16(13(2)3)17(26)27/h6,13,16H,1,7-12H2,2-5H3,(H,26,27)/t16-/m0/s1. The lowest BCUT2D eigenvalue weighted by Crippen LogP contribution is -2.59. The van der Waals surface area contributed by atoms with Crippen LogP contribution in [0.15, 0.2) is 12.7 Å². The molecule has 0 aromatic rings. The average Bonchev–Trinajstić information content (AvgIpc) is 2.94. The van der Waals surface area contributed by atoms with E-state index >= 15 is 0 Å². The van der Waals surface area contributed by atoms with Gasteiger partial charge in [-0.2, -0.15) is 0 Å². The first-order valence-electron chi connectivity index (χ1n) is 9.48. The monoisotopic (exact) mass is 394 g/mol. The Hall–Kier alpha value is -2.42. The number of piperidine rings is 1. The van der Waals surface area contributed by atoms with E-state index in [1.165, 1.54) is 17.9 Å². The summed E-state index contributed by atoms with van der Waals surface area (Å²) in [5, 5.41) is 9.50. The Bertz CT molecular complexity index is 669. The van der Waals surface area contributed by atoms with Gasteiger partial charge < -0.3 is 14.9 Å². The van der Waals surface area contributed by atoms with E-state index in [1.54, 1.807) is 18.7 Å². The molecule has 156 valence electrons. The lowest BCUT2D eigenvalue weighted by molar-refractivity contribution is -0.149. The quantitative estimate of drug-likeness (QED) is 0.709. The van der Waals surface area contributed by atoms with Gasteiger partial charge >= 0.3 is 12.0 Å². The van der Waals surface area contributed by atoms with Gasteiger partial charge in [0, 0.05) is 32.1 Å². The maximum Gasteiger partial charge on any atom is 0.327 e. The van der Waals surface area contributed by atoms with Crippen molar-refractivity contribution >= 4 is 23.8 Å². The SMILES string of the molecule is C=CC(=O)N1CN(C)C2(CCN(C(=O)N(C(C)=O)[C@H](C(=O)O)C(C)C)CC2)C1. The highest BCUT2D eigenvalue weighted by Gasteiger charge is 2.47. The highest BCUT2D eigenvalue weighted by Crippen LogP contribution is 2.34. The second kappa shape index (κ2) is 8.30. The summed E-state index contributed by atoms with van der Waals surface area (Å²) < 4.78 is 0. The van der Waals surface area contributed by atoms with E-state index in [9.17, 15) is 24.3 Å². The maximum absolute atomic E-state index is 13.0. The molecule has 0 aliphatic carbocycles. The molecule has 0 aromatic carbocycles. The van der Waals surface area contributed by atoms with Crippen LogP contribution in [0.2, 0.25) is 0 Å². The zero-order chi connectivity index (χ0) is 21.2. The second-order valence-electron chi connectivity index (χ2n) is 7.99. The molecule has 2 aliphatic heterocycles. The number of carboxylic acids is 1. The predicted molar refractivity (Wildman–Crippen MR) is 102 cm³/mol. The molecule has 0 bridgehead atoms. The average molecular weight is 394 g/mol. The second-order valence-corrected chi connectivity index (χ2v) is 7.99. The fourth-order valence-corrected chi connectivity index (χ4v) is 4.16. The Morgan fingerprint density at radius 1 is 1.14 bits per heavy atom. The Kier molecular flexibility index (Phi) is 6.48. The smallest absolute Gasteiger partial charge is 0.327 e. The van der Waals surface area contributed by atoms with Crippen LogP contribution < -0.4 is 0 Å². The summed E-state index contributed by atoms with van der Waals surface area (Å²) in [5.41, 5.74) is -0.221. The minimum absolute atomic E-state index is 0.119. The third kappa shape index (κ3) is 4.04. The van der Waals surface area contributed by atoms with Gasteiger partial charge in [-0.05, 0) is 31.9 Å². The Labute approximate surface area is 165 Å². The molecule has 2 aliphatic rings. The Morgan fingerprint density at radius 2 is 1.71 bits per heavy atom. The number of aliphatic carboxylic acids is 1. The number of nitrogens with zero attached hydrogens (tertiary/aromatic N) is 4. The number of carbonyl (C=O) groups is 4. The van der Waals surface area contributed by atoms with Crippen molar-refractivity contribution < 1.29 is 24.3 Å². The summed E-state index contributed by atoms with van der Waals surface area (Å²) in [6.07, 6.45) is 2.58. The van der Waals surface area contributed by atoms with E-state index in [1.807, 2.05) is 7.05 Å². The van der Waals surface area contributed by atoms with Crippen molar-refractivity contribution in [3.05, 3.63) is 12.7 Å². The molecule has 1 spiro atoms. The largest absolute Gasteiger partial charge is 0.480 e. The van der Waals surface area contributed by atoms with Gasteiger partial charge in [0.1, 0.15) is 6.04 Å². The first-order chi connectivity index (χ1) is 13.0. The number of amides is 4. The molecule has 2 heterocycles. The molecule has 0 unspecified atom stereocenters. The van der Waals surface area contributed by atoms with Crippen molar-refractivity contribution in [1.82, 2.24) is 19.6 Å². The van der Waals surface area contributed by atoms with Crippen molar-refractivity contribution in [2.45, 2.75) is 45.2 Å². The van der Waals surface area contributed by atoms with Gasteiger partial charge in [-0.1, -0.05) is 20.4 Å². The lowest BCUT2D eigenvalue weighted by atomic mass is 9.87. The van der Waals surface area contributed by atoms with Crippen LogP contribution in [0, 0.1) is 5.92 Å². The molecule has 2 saturated heterocycles. The first kappa shape index (κ1) is 21.9. The van der Waals surface area contributed by atoms with Crippen LogP contribution in [0.3, 0.4) is 0 Å². The van der Waals surface area contributed by atoms with Gasteiger partial charge in [-0.25, -0.2) is 14.5 Å². The van der Waals surface area contributed by atoms with Crippen LogP contribution in [0.5, 0.6) is 0 Å². The van der Waals surface area contributed by atoms with Gasteiger partial charge in [-0.15, -0.1) is 0 Å². The summed E-state index contributed by atoms with van der Waals surface area (Å²) in [7, 11) is 1.95. The summed E-state index contributed by atoms with van der Waals surface area (Å²) in [6.45, 7) is 9.96. The van der Waals surface area contributed by atoms with Crippen LogP contribution in [0.25, 0.3) is 0 Å². The number of hydrogen-bond acceptors (Lipinski definition) is 5. The fraction of sp³-hybridized carbons (Fsp3) is 0.684. The number of carbonyl (C=O) groups excluding carboxylic acids is 3. The number of rotatable bonds is 4. The molecular formula is C19H30N4O5. The highest BCUT2D eigenvalue weighted by molar-refractivity contribution is 5.97. The van der Waals surface area contributed by atoms with E-state index < -0.39 is 29.9 Å². The lowest BCUT2D eigenvalue weighted by Gasteiger charge is -2.44. The van der Waals surface area contributed by atoms with Crippen molar-refractivity contribution in [2.24, 2.45) is 5.92 Å². The summed E-state index contributed by atoms with van der Waals surface area (Å²) >= 11 is 0. The normalized spacial score (nSPS) is 20.3. The van der Waals surface area contributed by atoms with E-state index in [4.69, 9.17) is 0 Å². The van der Waals surface area contributed by atoms with Gasteiger partial charge in [0.25, 0.3) is 0 Å². The summed E-state index contributed by atoms with van der Waals surface area (Å²) in [6, 6.07) is -1.76. The van der Waals surface area contributed by atoms with Gasteiger partial charge in [0.15, 0.2) is 0 Å². The van der Waals surface area contributed by atoms with Crippen LogP contribution in [0.4, 0.5) is 4.79 Å². The molecule has 0 radical (unpaired) electrons. The fourth-order valence-electron chi connectivity index (χ4n) is 4.16. The predicted octanol–water partition coefficient (Wildman–Crippen LogP) is 0.816. The van der Waals surface area contributed by atoms with E-state index in [-0.39, 0.29) is 11.4 Å². The van der Waals surface area contributed by atoms with Crippen molar-refractivity contribution in [3.8, 4) is 0 Å². The molecule has 2 fully saturated rings. The van der Waals surface area contributed by atoms with Crippen LogP contribution >= 0.6 is 0 Å². The highest BCUT2D eigenvalue weighted by atomic mass is 16.4. The van der Waals surface area contributed by atoms with Crippen molar-refractivity contribution in [2.75, 3.05) is 33.4 Å². The minimum Gasteiger partial charge on any atom is -0.480 e. The molecule has 1 atom stereocenters. The molecule has 0 aromatic heterocycles. The number of likely N-dealkylation sites (N-methyl/N-ethyl adjacent to an activating group) is 1. The first-order valence-corrected chi connectivity index (χ1v) is 9.48. The van der Waals surface area contributed by atoms with Gasteiger partial charge in [0.05, 0.1) is 6.67 Å². The molecule has 2 rings (SSSR count). The van der Waals surface area contributed by atoms with Crippen LogP contribution in [0.1, 0.15) is 33.6 Å². The Morgan fingerprint density at radius 3 is 2.14 bits per heavy atom. The summed E-state index contributed by atoms with van der Waals surface area (Å²) in [4.78, 5) is 54.9. The van der Waals surface area contributed by atoms with Gasteiger partial charge in [-0.3, -0.25) is 14.5 Å². The molecular weight excluding hydrogens is 364 g/mol. The minimum atomic E-state index is -1.20. The summed E-state index contributed by atoms with van der Waals surface area (Å²) in [5.74, 6) is -2.29. The third-order valence-electron chi connectivity index (χ3n) is 5.84. The van der Waals surface area contributed by atoms with E-state index in [2.05, 4.69) is 11.5 Å². The zero-order valence-electron chi connectivity index (χ0n) is 17.1. The van der Waals surface area contributed by atoms with Crippen molar-refractivity contribution in [1.29, 1.82) is 0 Å². The number of hydrogen-bond donors (Lipinski definition) is 1. The molecule has 9 heteroatoms. The van der Waals surface area contributed by atoms with E-state index in [0.29, 0.717) is 39.1 Å². The third-order valence-corrected chi connectivity index (χ3v) is 5.84. The van der Waals surface area contributed by atoms with E-state index in [0.717, 1.165) is 4.90 Å². The number of imide groups is 1. The van der Waals surface area contributed by atoms with Crippen LogP contribution in [-0.2, 0) is 14.4 Å².